The predicted molar refractivity (Wildman–Crippen MR) is 224 cm³/mol. The van der Waals surface area contributed by atoms with E-state index < -0.39 is 35.7 Å². The first-order chi connectivity index (χ1) is 29.6. The number of imide groups is 4. The molecule has 0 bridgehead atoms. The largest absolute Gasteiger partial charge is 0.326 e. The van der Waals surface area contributed by atoms with Crippen molar-refractivity contribution in [2.75, 3.05) is 10.6 Å². The van der Waals surface area contributed by atoms with Gasteiger partial charge in [0.25, 0.3) is 11.8 Å². The number of rotatable bonds is 6. The lowest BCUT2D eigenvalue weighted by molar-refractivity contribution is -0.139. The summed E-state index contributed by atoms with van der Waals surface area (Å²) in [6.07, 6.45) is 1.57. The molecule has 2 saturated heterocycles. The number of nitrogens with zero attached hydrogens (tertiary/aromatic N) is 2. The molecule has 0 spiro atoms. The van der Waals surface area contributed by atoms with Crippen molar-refractivity contribution in [2.45, 2.75) is 77.8 Å². The Morgan fingerprint density at radius 3 is 1.50 bits per heavy atom. The maximum absolute atomic E-state index is 13.2. The van der Waals surface area contributed by atoms with Crippen LogP contribution < -0.4 is 31.9 Å². The number of carbonyl (C=O) groups is 8. The van der Waals surface area contributed by atoms with E-state index in [4.69, 9.17) is 11.6 Å². The third-order valence-electron chi connectivity index (χ3n) is 11.1. The molecular formula is C44H42ClFN8O8. The molecule has 0 radical (unpaired) electrons. The second-order valence-electron chi connectivity index (χ2n) is 15.5. The average Bonchev–Trinajstić information content (AvgIpc) is 3.84. The van der Waals surface area contributed by atoms with Crippen LogP contribution in [-0.4, -0.2) is 69.4 Å². The van der Waals surface area contributed by atoms with Gasteiger partial charge < -0.3 is 10.6 Å². The molecule has 0 aliphatic carbocycles. The third kappa shape index (κ3) is 10.2. The first-order valence-electron chi connectivity index (χ1n) is 19.8. The van der Waals surface area contributed by atoms with Crippen LogP contribution in [-0.2, 0) is 45.4 Å². The fourth-order valence-electron chi connectivity index (χ4n) is 7.69. The topological polar surface area (TPSA) is 215 Å². The number of urea groups is 2. The number of anilines is 2. The molecule has 4 aromatic rings. The Morgan fingerprint density at radius 1 is 0.597 bits per heavy atom. The monoisotopic (exact) mass is 864 g/mol. The van der Waals surface area contributed by atoms with Gasteiger partial charge in [0.15, 0.2) is 0 Å². The molecule has 0 saturated carbocycles. The van der Waals surface area contributed by atoms with E-state index in [-0.39, 0.29) is 45.9 Å². The predicted octanol–water partition coefficient (Wildman–Crippen LogP) is 4.95. The van der Waals surface area contributed by atoms with Crippen LogP contribution >= 0.6 is 11.6 Å². The van der Waals surface area contributed by atoms with Gasteiger partial charge in [-0.1, -0.05) is 29.8 Å². The van der Waals surface area contributed by atoms with Crippen molar-refractivity contribution in [2.24, 2.45) is 0 Å². The number of aryl methyl sites for hydroxylation is 2. The van der Waals surface area contributed by atoms with Gasteiger partial charge in [-0.15, -0.1) is 0 Å². The molecule has 4 aliphatic rings. The zero-order chi connectivity index (χ0) is 44.2. The zero-order valence-electron chi connectivity index (χ0n) is 33.7. The quantitative estimate of drug-likeness (QED) is 0.144. The van der Waals surface area contributed by atoms with Gasteiger partial charge in [0, 0.05) is 61.5 Å². The highest BCUT2D eigenvalue weighted by atomic mass is 35.5. The van der Waals surface area contributed by atoms with Gasteiger partial charge in [-0.3, -0.25) is 59.8 Å². The zero-order valence-corrected chi connectivity index (χ0v) is 34.4. The summed E-state index contributed by atoms with van der Waals surface area (Å²) in [6.45, 7) is 6.02. The van der Waals surface area contributed by atoms with E-state index in [1.807, 2.05) is 41.8 Å². The Bertz CT molecular complexity index is 2380. The summed E-state index contributed by atoms with van der Waals surface area (Å²) < 4.78 is 13.2. The van der Waals surface area contributed by atoms with Crippen LogP contribution in [0.25, 0.3) is 0 Å². The van der Waals surface area contributed by atoms with E-state index in [9.17, 15) is 42.7 Å². The number of nitrogens with one attached hydrogen (secondary N) is 6. The van der Waals surface area contributed by atoms with Crippen molar-refractivity contribution in [3.63, 3.8) is 0 Å². The number of hydrogen-bond acceptors (Lipinski definition) is 10. The smallest absolute Gasteiger partial charge is 0.308 e. The van der Waals surface area contributed by atoms with Crippen LogP contribution in [0.15, 0.2) is 72.8 Å². The van der Waals surface area contributed by atoms with Crippen molar-refractivity contribution in [3.8, 4) is 0 Å². The molecule has 4 aromatic carbocycles. The first-order valence-corrected chi connectivity index (χ1v) is 20.1. The van der Waals surface area contributed by atoms with Gasteiger partial charge >= 0.3 is 12.1 Å². The maximum Gasteiger partial charge on any atom is 0.326 e. The van der Waals surface area contributed by atoms with E-state index >= 15 is 0 Å². The van der Waals surface area contributed by atoms with Gasteiger partial charge in [-0.2, -0.15) is 0 Å². The molecule has 6 N–H and O–H groups in total. The number of amides is 10. The lowest BCUT2D eigenvalue weighted by atomic mass is 10.0. The summed E-state index contributed by atoms with van der Waals surface area (Å²) in [6, 6.07) is 17.4. The lowest BCUT2D eigenvalue weighted by Crippen LogP contribution is -2.50. The Kier molecular flexibility index (Phi) is 12.9. The molecule has 10 amide bonds. The standard InChI is InChI=1S/C23H24N4O4.C21H18ClFN4O4/c1-13-3-6-18(9-14(13)2)24-23(31)26-21(29)15-4-5-16-11-27(12-17(16)10-15)19-7-8-20(28)25-22(19)30;22-15-8-14(3-4-16(15)23)24-21(31)26-19(29)11-1-2-12-9-27(10-13(12)7-11)17-5-6-18(28)25-20(17)30/h3-6,9-10,19H,7-8,11-12H2,1-2H3,(H,25,28,30)(H2,24,26,29,31);1-4,7-8,17H,5-6,9-10H2,(H,25,28,30)(H2,24,26,29,31). The minimum Gasteiger partial charge on any atom is -0.308 e. The second kappa shape index (κ2) is 18.4. The van der Waals surface area contributed by atoms with Gasteiger partial charge in [0.1, 0.15) is 5.82 Å². The van der Waals surface area contributed by atoms with E-state index in [2.05, 4.69) is 31.9 Å². The van der Waals surface area contributed by atoms with Gasteiger partial charge in [-0.05, 0) is 115 Å². The van der Waals surface area contributed by atoms with E-state index in [0.29, 0.717) is 63.1 Å². The van der Waals surface area contributed by atoms with Gasteiger partial charge in [0.05, 0.1) is 17.1 Å². The Morgan fingerprint density at radius 2 is 1.05 bits per heavy atom. The van der Waals surface area contributed by atoms with Crippen molar-refractivity contribution < 1.29 is 42.7 Å². The molecule has 62 heavy (non-hydrogen) atoms. The molecular weight excluding hydrogens is 823 g/mol. The molecule has 2 fully saturated rings. The third-order valence-corrected chi connectivity index (χ3v) is 11.4. The summed E-state index contributed by atoms with van der Waals surface area (Å²) in [5.41, 5.74) is 7.50. The lowest BCUT2D eigenvalue weighted by Gasteiger charge is -2.29. The minimum absolute atomic E-state index is 0.150. The summed E-state index contributed by atoms with van der Waals surface area (Å²) >= 11 is 5.68. The molecule has 320 valence electrons. The van der Waals surface area contributed by atoms with E-state index in [1.165, 1.54) is 12.1 Å². The van der Waals surface area contributed by atoms with Crippen LogP contribution in [0.5, 0.6) is 0 Å². The molecule has 4 heterocycles. The number of hydrogen-bond donors (Lipinski definition) is 6. The van der Waals surface area contributed by atoms with Crippen molar-refractivity contribution >= 4 is 70.5 Å². The van der Waals surface area contributed by atoms with Crippen LogP contribution in [0.3, 0.4) is 0 Å². The second-order valence-corrected chi connectivity index (χ2v) is 15.9. The molecule has 2 atom stereocenters. The number of fused-ring (bicyclic) bond motifs is 2. The summed E-state index contributed by atoms with van der Waals surface area (Å²) in [5.74, 6) is -2.80. The van der Waals surface area contributed by atoms with Crippen molar-refractivity contribution in [3.05, 3.63) is 128 Å². The highest BCUT2D eigenvalue weighted by Gasteiger charge is 2.36. The Balaban J connectivity index is 0.000000186. The Labute approximate surface area is 359 Å². The van der Waals surface area contributed by atoms with Crippen molar-refractivity contribution in [1.29, 1.82) is 0 Å². The highest BCUT2D eigenvalue weighted by molar-refractivity contribution is 6.31. The first kappa shape index (κ1) is 43.3. The molecule has 16 nitrogen and oxygen atoms in total. The number of benzene rings is 4. The maximum atomic E-state index is 13.2. The fourth-order valence-corrected chi connectivity index (χ4v) is 7.87. The Hall–Kier alpha value is -6.82. The van der Waals surface area contributed by atoms with Gasteiger partial charge in [-0.25, -0.2) is 14.0 Å². The number of piperidine rings is 2. The summed E-state index contributed by atoms with van der Waals surface area (Å²) in [4.78, 5) is 100. The van der Waals surface area contributed by atoms with Crippen molar-refractivity contribution in [1.82, 2.24) is 31.1 Å². The van der Waals surface area contributed by atoms with Crippen LogP contribution in [0.4, 0.5) is 25.4 Å². The van der Waals surface area contributed by atoms with Crippen LogP contribution in [0.1, 0.15) is 79.8 Å². The van der Waals surface area contributed by atoms with E-state index in [0.717, 1.165) is 39.4 Å². The highest BCUT2D eigenvalue weighted by Crippen LogP contribution is 2.30. The van der Waals surface area contributed by atoms with E-state index in [1.54, 1.807) is 36.4 Å². The van der Waals surface area contributed by atoms with Crippen LogP contribution in [0, 0.1) is 19.7 Å². The van der Waals surface area contributed by atoms with Gasteiger partial charge in [0.2, 0.25) is 23.6 Å². The normalized spacial score (nSPS) is 18.3. The molecule has 4 aliphatic heterocycles. The summed E-state index contributed by atoms with van der Waals surface area (Å²) in [7, 11) is 0. The molecule has 18 heteroatoms. The molecule has 8 rings (SSSR count). The SMILES string of the molecule is Cc1ccc(NC(=O)NC(=O)c2ccc3c(c2)CN(C2CCC(=O)NC2=O)C3)cc1C.O=C1CCC(N2Cc3ccc(C(=O)NC(=O)Nc4ccc(F)c(Cl)c4)cc3C2)C(=O)N1. The molecule has 0 aromatic heterocycles. The summed E-state index contributed by atoms with van der Waals surface area (Å²) in [5, 5.41) is 14.2. The minimum atomic E-state index is -0.779. The van der Waals surface area contributed by atoms with Crippen LogP contribution in [0.2, 0.25) is 5.02 Å². The average molecular weight is 865 g/mol. The number of carbonyl (C=O) groups excluding carboxylic acids is 8. The molecule has 2 unspecified atom stereocenters. The fraction of sp³-hybridized carbons (Fsp3) is 0.273. The number of halogens is 2.